The molecule has 0 aliphatic carbocycles. The predicted octanol–water partition coefficient (Wildman–Crippen LogP) is 1.30. The molecule has 1 heterocycles. The Kier molecular flexibility index (Phi) is 3.99. The highest BCUT2D eigenvalue weighted by atomic mass is 16.5. The van der Waals surface area contributed by atoms with E-state index < -0.39 is 5.60 Å². The van der Waals surface area contributed by atoms with Crippen LogP contribution in [0.25, 0.3) is 0 Å². The van der Waals surface area contributed by atoms with Gasteiger partial charge >= 0.3 is 0 Å². The Morgan fingerprint density at radius 3 is 2.56 bits per heavy atom. The van der Waals surface area contributed by atoms with Gasteiger partial charge in [0, 0.05) is 45.2 Å². The first-order valence-corrected chi connectivity index (χ1v) is 6.21. The van der Waals surface area contributed by atoms with Gasteiger partial charge in [0.1, 0.15) is 0 Å². The quantitative estimate of drug-likeness (QED) is 0.878. The fourth-order valence-corrected chi connectivity index (χ4v) is 2.22. The fraction of sp³-hybridized carbons (Fsp3) is 0.500. The van der Waals surface area contributed by atoms with E-state index in [0.29, 0.717) is 38.2 Å². The monoisotopic (exact) mass is 249 g/mol. The maximum atomic E-state index is 12.1. The van der Waals surface area contributed by atoms with Gasteiger partial charge in [-0.3, -0.25) is 4.79 Å². The summed E-state index contributed by atoms with van der Waals surface area (Å²) in [6.07, 6.45) is 1.17. The summed E-state index contributed by atoms with van der Waals surface area (Å²) >= 11 is 0. The molecular weight excluding hydrogens is 230 g/mol. The van der Waals surface area contributed by atoms with E-state index in [1.807, 2.05) is 18.2 Å². The average Bonchev–Trinajstić information content (AvgIpc) is 2.39. The molecule has 0 unspecified atom stereocenters. The minimum absolute atomic E-state index is 0.0597. The normalized spacial score (nSPS) is 18.3. The van der Waals surface area contributed by atoms with Crippen molar-refractivity contribution < 1.29 is 14.6 Å². The fourth-order valence-electron chi connectivity index (χ4n) is 2.22. The van der Waals surface area contributed by atoms with Gasteiger partial charge in [-0.2, -0.15) is 0 Å². The van der Waals surface area contributed by atoms with Crippen molar-refractivity contribution in [2.75, 3.05) is 26.8 Å². The number of nitrogens with zero attached hydrogens (tertiary/aromatic N) is 1. The van der Waals surface area contributed by atoms with Gasteiger partial charge in [0.2, 0.25) is 0 Å². The maximum Gasteiger partial charge on any atom is 0.253 e. The van der Waals surface area contributed by atoms with Crippen LogP contribution in [-0.4, -0.2) is 48.3 Å². The molecule has 1 aliphatic heterocycles. The van der Waals surface area contributed by atoms with Gasteiger partial charge in [0.15, 0.2) is 0 Å². The molecule has 1 saturated heterocycles. The lowest BCUT2D eigenvalue weighted by Gasteiger charge is -2.35. The lowest BCUT2D eigenvalue weighted by Crippen LogP contribution is -2.47. The van der Waals surface area contributed by atoms with Gasteiger partial charge in [-0.25, -0.2) is 0 Å². The Bertz CT molecular complexity index is 399. The zero-order valence-corrected chi connectivity index (χ0v) is 10.6. The maximum absolute atomic E-state index is 12.1. The van der Waals surface area contributed by atoms with E-state index in [9.17, 15) is 9.90 Å². The van der Waals surface area contributed by atoms with Crippen LogP contribution in [0.15, 0.2) is 30.3 Å². The minimum Gasteiger partial charge on any atom is -0.388 e. The third-order valence-corrected chi connectivity index (χ3v) is 3.32. The van der Waals surface area contributed by atoms with Crippen molar-refractivity contribution in [3.8, 4) is 0 Å². The standard InChI is InChI=1S/C14H19NO3/c1-15(11-14(17)7-9-18-10-8-14)13(16)12-5-3-2-4-6-12/h2-6,17H,7-11H2,1H3. The molecule has 4 nitrogen and oxygen atoms in total. The van der Waals surface area contributed by atoms with Gasteiger partial charge in [-0.05, 0) is 12.1 Å². The van der Waals surface area contributed by atoms with Gasteiger partial charge in [0.25, 0.3) is 5.91 Å². The zero-order valence-electron chi connectivity index (χ0n) is 10.6. The van der Waals surface area contributed by atoms with Crippen LogP contribution in [0.5, 0.6) is 0 Å². The molecule has 0 saturated carbocycles. The lowest BCUT2D eigenvalue weighted by atomic mass is 9.94. The molecule has 98 valence electrons. The SMILES string of the molecule is CN(CC1(O)CCOCC1)C(=O)c1ccccc1. The Balaban J connectivity index is 1.99. The van der Waals surface area contributed by atoms with Crippen LogP contribution in [0.3, 0.4) is 0 Å². The van der Waals surface area contributed by atoms with E-state index >= 15 is 0 Å². The van der Waals surface area contributed by atoms with Crippen molar-refractivity contribution in [1.82, 2.24) is 4.90 Å². The van der Waals surface area contributed by atoms with Gasteiger partial charge in [-0.15, -0.1) is 0 Å². The first-order valence-electron chi connectivity index (χ1n) is 6.21. The van der Waals surface area contributed by atoms with E-state index in [2.05, 4.69) is 0 Å². The summed E-state index contributed by atoms with van der Waals surface area (Å²) in [5.41, 5.74) is -0.159. The highest BCUT2D eigenvalue weighted by Crippen LogP contribution is 2.21. The number of likely N-dealkylation sites (N-methyl/N-ethyl adjacent to an activating group) is 1. The molecule has 1 amide bonds. The number of aliphatic hydroxyl groups is 1. The number of rotatable bonds is 3. The molecule has 0 radical (unpaired) electrons. The van der Waals surface area contributed by atoms with Crippen molar-refractivity contribution in [3.63, 3.8) is 0 Å². The molecule has 0 atom stereocenters. The molecule has 1 fully saturated rings. The van der Waals surface area contributed by atoms with Gasteiger partial charge in [0.05, 0.1) is 5.60 Å². The topological polar surface area (TPSA) is 49.8 Å². The molecule has 1 aliphatic rings. The predicted molar refractivity (Wildman–Crippen MR) is 68.4 cm³/mol. The van der Waals surface area contributed by atoms with E-state index in [1.54, 1.807) is 24.1 Å². The van der Waals surface area contributed by atoms with E-state index in [0.717, 1.165) is 0 Å². The van der Waals surface area contributed by atoms with Crippen LogP contribution in [0, 0.1) is 0 Å². The second kappa shape index (κ2) is 5.50. The molecule has 1 N–H and O–H groups in total. The van der Waals surface area contributed by atoms with Gasteiger partial charge < -0.3 is 14.7 Å². The summed E-state index contributed by atoms with van der Waals surface area (Å²) < 4.78 is 5.23. The van der Waals surface area contributed by atoms with Crippen LogP contribution >= 0.6 is 0 Å². The smallest absolute Gasteiger partial charge is 0.253 e. The number of amides is 1. The van der Waals surface area contributed by atoms with E-state index in [4.69, 9.17) is 4.74 Å². The summed E-state index contributed by atoms with van der Waals surface area (Å²) in [6.45, 7) is 1.47. The Morgan fingerprint density at radius 2 is 1.94 bits per heavy atom. The summed E-state index contributed by atoms with van der Waals surface area (Å²) in [5, 5.41) is 10.4. The number of carbonyl (C=O) groups excluding carboxylic acids is 1. The molecule has 4 heteroatoms. The van der Waals surface area contributed by atoms with Crippen LogP contribution in [0.1, 0.15) is 23.2 Å². The van der Waals surface area contributed by atoms with Crippen molar-refractivity contribution in [1.29, 1.82) is 0 Å². The molecule has 1 aromatic rings. The molecule has 2 rings (SSSR count). The molecule has 18 heavy (non-hydrogen) atoms. The molecule has 0 aromatic heterocycles. The number of hydrogen-bond donors (Lipinski definition) is 1. The first kappa shape index (κ1) is 13.1. The van der Waals surface area contributed by atoms with Crippen LogP contribution < -0.4 is 0 Å². The molecule has 1 aromatic carbocycles. The largest absolute Gasteiger partial charge is 0.388 e. The highest BCUT2D eigenvalue weighted by molar-refractivity contribution is 5.94. The second-order valence-corrected chi connectivity index (χ2v) is 4.86. The van der Waals surface area contributed by atoms with Crippen molar-refractivity contribution in [3.05, 3.63) is 35.9 Å². The lowest BCUT2D eigenvalue weighted by molar-refractivity contribution is -0.0734. The third kappa shape index (κ3) is 3.09. The van der Waals surface area contributed by atoms with Crippen LogP contribution in [-0.2, 0) is 4.74 Å². The Hall–Kier alpha value is -1.39. The number of benzene rings is 1. The summed E-state index contributed by atoms with van der Waals surface area (Å²) in [4.78, 5) is 13.7. The number of ether oxygens (including phenoxy) is 1. The molecule has 0 spiro atoms. The van der Waals surface area contributed by atoms with Crippen molar-refractivity contribution >= 4 is 5.91 Å². The molecule has 0 bridgehead atoms. The third-order valence-electron chi connectivity index (χ3n) is 3.32. The van der Waals surface area contributed by atoms with Crippen molar-refractivity contribution in [2.45, 2.75) is 18.4 Å². The Morgan fingerprint density at radius 1 is 1.33 bits per heavy atom. The zero-order chi connectivity index (χ0) is 13.0. The van der Waals surface area contributed by atoms with Crippen LogP contribution in [0.4, 0.5) is 0 Å². The van der Waals surface area contributed by atoms with Crippen LogP contribution in [0.2, 0.25) is 0 Å². The summed E-state index contributed by atoms with van der Waals surface area (Å²) in [5.74, 6) is -0.0597. The number of hydrogen-bond acceptors (Lipinski definition) is 3. The molecular formula is C14H19NO3. The second-order valence-electron chi connectivity index (χ2n) is 4.86. The summed E-state index contributed by atoms with van der Waals surface area (Å²) in [7, 11) is 1.72. The van der Waals surface area contributed by atoms with Gasteiger partial charge in [-0.1, -0.05) is 18.2 Å². The van der Waals surface area contributed by atoms with E-state index in [1.165, 1.54) is 0 Å². The first-order chi connectivity index (χ1) is 8.61. The van der Waals surface area contributed by atoms with E-state index in [-0.39, 0.29) is 5.91 Å². The summed E-state index contributed by atoms with van der Waals surface area (Å²) in [6, 6.07) is 9.12. The number of carbonyl (C=O) groups is 1. The Labute approximate surface area is 107 Å². The van der Waals surface area contributed by atoms with Crippen molar-refractivity contribution in [2.24, 2.45) is 0 Å². The average molecular weight is 249 g/mol. The minimum atomic E-state index is -0.808. The highest BCUT2D eigenvalue weighted by Gasteiger charge is 2.32.